The van der Waals surface area contributed by atoms with Crippen LogP contribution in [0.5, 0.6) is 0 Å². The van der Waals surface area contributed by atoms with E-state index in [9.17, 15) is 0 Å². The van der Waals surface area contributed by atoms with E-state index in [1.165, 1.54) is 50.3 Å². The summed E-state index contributed by atoms with van der Waals surface area (Å²) in [6.07, 6.45) is 0. The number of hydrogen-bond acceptors (Lipinski definition) is 1. The molecule has 172 valence electrons. The molecule has 0 amide bonds. The highest BCUT2D eigenvalue weighted by molar-refractivity contribution is 6.71. The van der Waals surface area contributed by atoms with Crippen LogP contribution >= 0.6 is 0 Å². The lowest BCUT2D eigenvalue weighted by Crippen LogP contribution is -2.72. The van der Waals surface area contributed by atoms with Crippen LogP contribution in [-0.4, -0.2) is 18.1 Å². The predicted molar refractivity (Wildman–Crippen MR) is 144 cm³/mol. The van der Waals surface area contributed by atoms with E-state index < -0.39 is 0 Å². The molecule has 0 aliphatic carbocycles. The average molecular weight is 448 g/mol. The number of benzene rings is 3. The number of hydrogen-bond donors (Lipinski definition) is 0. The largest absolute Gasteiger partial charge is 0.538 e. The van der Waals surface area contributed by atoms with Gasteiger partial charge >= 0.3 is 6.98 Å². The monoisotopic (exact) mass is 448 g/mol. The molecule has 3 aromatic carbocycles. The summed E-state index contributed by atoms with van der Waals surface area (Å²) in [6, 6.07) is 22.9. The van der Waals surface area contributed by atoms with Crippen molar-refractivity contribution in [1.29, 1.82) is 0 Å². The zero-order valence-corrected chi connectivity index (χ0v) is 21.3. The lowest BCUT2D eigenvalue weighted by Gasteiger charge is -2.37. The number of rotatable bonds is 5. The fourth-order valence-electron chi connectivity index (χ4n) is 6.36. The summed E-state index contributed by atoms with van der Waals surface area (Å²) in [5.74, 6) is 2.86. The topological polar surface area (TPSA) is 12.1 Å². The number of para-hydroxylation sites is 2. The predicted octanol–water partition coefficient (Wildman–Crippen LogP) is 5.92. The molecule has 0 unspecified atom stereocenters. The Morgan fingerprint density at radius 2 is 1.50 bits per heavy atom. The highest BCUT2D eigenvalue weighted by Crippen LogP contribution is 2.43. The van der Waals surface area contributed by atoms with Crippen LogP contribution < -0.4 is 14.8 Å². The number of imidazole rings is 1. The van der Waals surface area contributed by atoms with Gasteiger partial charge in [-0.1, -0.05) is 84.0 Å². The summed E-state index contributed by atoms with van der Waals surface area (Å²) < 4.78 is 5.22. The molecule has 2 aliphatic rings. The lowest BCUT2D eigenvalue weighted by atomic mass is 9.57. The van der Waals surface area contributed by atoms with Gasteiger partial charge in [0.25, 0.3) is 5.82 Å². The fraction of sp³-hybridized carbons (Fsp3) is 0.367. The molecule has 2 aliphatic heterocycles. The van der Waals surface area contributed by atoms with Gasteiger partial charge in [0.2, 0.25) is 0 Å². The van der Waals surface area contributed by atoms with Gasteiger partial charge in [-0.3, -0.25) is 4.48 Å². The van der Waals surface area contributed by atoms with Gasteiger partial charge in [0.05, 0.1) is 5.56 Å². The van der Waals surface area contributed by atoms with Crippen molar-refractivity contribution in [2.45, 2.75) is 59.9 Å². The highest BCUT2D eigenvalue weighted by atomic mass is 15.3. The van der Waals surface area contributed by atoms with Gasteiger partial charge in [-0.05, 0) is 47.1 Å². The SMILES string of the molecule is CC(C)CN1B(c2c(C(C)C)cccc2C(C)C)[n+]2c3n(c4ccccc42)Cc2cccc1c2-3. The van der Waals surface area contributed by atoms with E-state index in [-0.39, 0.29) is 6.98 Å². The number of aromatic nitrogens is 2. The van der Waals surface area contributed by atoms with Crippen LogP contribution in [0.15, 0.2) is 60.7 Å². The van der Waals surface area contributed by atoms with E-state index in [0.29, 0.717) is 17.8 Å². The Morgan fingerprint density at radius 3 is 2.18 bits per heavy atom. The Kier molecular flexibility index (Phi) is 4.91. The van der Waals surface area contributed by atoms with Crippen molar-refractivity contribution in [2.75, 3.05) is 11.4 Å². The van der Waals surface area contributed by atoms with Crippen LogP contribution in [0.4, 0.5) is 5.69 Å². The molecule has 6 rings (SSSR count). The minimum absolute atomic E-state index is 0.139. The Hall–Kier alpha value is -3.01. The van der Waals surface area contributed by atoms with Crippen LogP contribution in [0.3, 0.4) is 0 Å². The van der Waals surface area contributed by atoms with Crippen LogP contribution in [0, 0.1) is 5.92 Å². The molecule has 0 N–H and O–H groups in total. The minimum atomic E-state index is 0.139. The Morgan fingerprint density at radius 1 is 0.824 bits per heavy atom. The van der Waals surface area contributed by atoms with Crippen LogP contribution in [0.2, 0.25) is 0 Å². The first-order chi connectivity index (χ1) is 16.4. The first-order valence-electron chi connectivity index (χ1n) is 12.9. The molecule has 4 aromatic rings. The average Bonchev–Trinajstić information content (AvgIpc) is 3.34. The summed E-state index contributed by atoms with van der Waals surface area (Å²) in [4.78, 5) is 2.71. The standard InChI is InChI=1S/C30H35BN3/c1-19(2)17-33-27-16-9-11-22-18-32-25-14-7-8-15-26(25)34(30(32)28(22)27)31(33)29-23(20(3)4)12-10-13-24(29)21(5)6/h7-16,19-21H,17-18H2,1-6H3/q+1. The second-order valence-corrected chi connectivity index (χ2v) is 11.2. The summed E-state index contributed by atoms with van der Waals surface area (Å²) in [7, 11) is 0. The zero-order valence-electron chi connectivity index (χ0n) is 21.3. The normalized spacial score (nSPS) is 14.3. The first kappa shape index (κ1) is 21.5. The Balaban J connectivity index is 1.77. The quantitative estimate of drug-likeness (QED) is 0.304. The maximum Gasteiger partial charge on any atom is 0.538 e. The van der Waals surface area contributed by atoms with Gasteiger partial charge < -0.3 is 4.81 Å². The smallest absolute Gasteiger partial charge is 0.369 e. The summed E-state index contributed by atoms with van der Waals surface area (Å²) in [5.41, 5.74) is 11.4. The van der Waals surface area contributed by atoms with Gasteiger partial charge in [0.15, 0.2) is 11.0 Å². The molecule has 0 fully saturated rings. The zero-order chi connectivity index (χ0) is 23.7. The third-order valence-corrected chi connectivity index (χ3v) is 7.68. The first-order valence-corrected chi connectivity index (χ1v) is 12.9. The molecule has 0 saturated carbocycles. The fourth-order valence-corrected chi connectivity index (χ4v) is 6.36. The summed E-state index contributed by atoms with van der Waals surface area (Å²) in [5, 5.41) is 0. The highest BCUT2D eigenvalue weighted by Gasteiger charge is 2.51. The van der Waals surface area contributed by atoms with E-state index >= 15 is 0 Å². The van der Waals surface area contributed by atoms with E-state index in [1.807, 2.05) is 0 Å². The van der Waals surface area contributed by atoms with Crippen LogP contribution in [-0.2, 0) is 6.54 Å². The maximum atomic E-state index is 2.71. The second kappa shape index (κ2) is 7.76. The van der Waals surface area contributed by atoms with E-state index in [4.69, 9.17) is 0 Å². The van der Waals surface area contributed by atoms with Crippen LogP contribution in [0.1, 0.15) is 70.1 Å². The Labute approximate surface area is 204 Å². The van der Waals surface area contributed by atoms with Crippen molar-refractivity contribution in [1.82, 2.24) is 4.57 Å². The molecular weight excluding hydrogens is 413 g/mol. The molecule has 0 saturated heterocycles. The van der Waals surface area contributed by atoms with Crippen molar-refractivity contribution < 1.29 is 4.48 Å². The van der Waals surface area contributed by atoms with E-state index in [2.05, 4.69) is 116 Å². The molecule has 1 aromatic heterocycles. The summed E-state index contributed by atoms with van der Waals surface area (Å²) in [6.45, 7) is 16.2. The van der Waals surface area contributed by atoms with Crippen molar-refractivity contribution >= 4 is 29.2 Å². The molecule has 0 spiro atoms. The minimum Gasteiger partial charge on any atom is -0.369 e. The third kappa shape index (κ3) is 2.93. The molecule has 3 nitrogen and oxygen atoms in total. The lowest BCUT2D eigenvalue weighted by molar-refractivity contribution is -0.495. The molecule has 0 bridgehead atoms. The van der Waals surface area contributed by atoms with Gasteiger partial charge in [0.1, 0.15) is 6.54 Å². The number of fused-ring (bicyclic) bond motifs is 3. The van der Waals surface area contributed by atoms with Crippen molar-refractivity contribution in [3.63, 3.8) is 0 Å². The van der Waals surface area contributed by atoms with Gasteiger partial charge in [-0.15, -0.1) is 0 Å². The maximum absolute atomic E-state index is 2.71. The number of nitrogens with zero attached hydrogens (tertiary/aromatic N) is 3. The number of anilines is 1. The second-order valence-electron chi connectivity index (χ2n) is 11.2. The molecule has 0 atom stereocenters. The van der Waals surface area contributed by atoms with Crippen molar-refractivity contribution in [2.24, 2.45) is 5.92 Å². The molecule has 4 heteroatoms. The van der Waals surface area contributed by atoms with Crippen molar-refractivity contribution in [3.8, 4) is 11.4 Å². The summed E-state index contributed by atoms with van der Waals surface area (Å²) >= 11 is 0. The van der Waals surface area contributed by atoms with Gasteiger partial charge in [-0.25, -0.2) is 4.57 Å². The third-order valence-electron chi connectivity index (χ3n) is 7.68. The molecule has 34 heavy (non-hydrogen) atoms. The molecule has 3 heterocycles. The van der Waals surface area contributed by atoms with Crippen LogP contribution in [0.25, 0.3) is 22.4 Å². The van der Waals surface area contributed by atoms with E-state index in [1.54, 1.807) is 0 Å². The van der Waals surface area contributed by atoms with Crippen molar-refractivity contribution in [3.05, 3.63) is 77.4 Å². The van der Waals surface area contributed by atoms with E-state index in [0.717, 1.165) is 13.1 Å². The van der Waals surface area contributed by atoms with Gasteiger partial charge in [-0.2, -0.15) is 0 Å². The Bertz CT molecular complexity index is 1390. The molecular formula is C30H35BN3+. The molecule has 0 radical (unpaired) electrons. The van der Waals surface area contributed by atoms with Gasteiger partial charge in [0, 0.05) is 23.3 Å².